The predicted molar refractivity (Wildman–Crippen MR) is 107 cm³/mol. The number of ether oxygens (including phenoxy) is 1. The highest BCUT2D eigenvalue weighted by molar-refractivity contribution is 6.00. The molecular formula is C22H26N2O4. The maximum atomic E-state index is 12.8. The number of carbonyl (C=O) groups is 2. The van der Waals surface area contributed by atoms with Crippen LogP contribution in [0.1, 0.15) is 25.3 Å². The first-order valence-electron chi connectivity index (χ1n) is 9.63. The Hall–Kier alpha value is -2.86. The molecule has 2 aromatic carbocycles. The van der Waals surface area contributed by atoms with Crippen LogP contribution < -0.4 is 9.64 Å². The summed E-state index contributed by atoms with van der Waals surface area (Å²) in [7, 11) is 0. The molecule has 0 aliphatic carbocycles. The Labute approximate surface area is 165 Å². The van der Waals surface area contributed by atoms with E-state index in [1.54, 1.807) is 9.80 Å². The van der Waals surface area contributed by atoms with Crippen molar-refractivity contribution in [1.82, 2.24) is 4.90 Å². The van der Waals surface area contributed by atoms with Crippen molar-refractivity contribution in [2.75, 3.05) is 24.6 Å². The minimum atomic E-state index is -0.525. The first-order chi connectivity index (χ1) is 13.6. The molecule has 0 fully saturated rings. The van der Waals surface area contributed by atoms with Crippen LogP contribution in [0.25, 0.3) is 0 Å². The van der Waals surface area contributed by atoms with E-state index in [0.717, 1.165) is 5.56 Å². The molecule has 0 saturated carbocycles. The van der Waals surface area contributed by atoms with Gasteiger partial charge in [0.25, 0.3) is 5.91 Å². The first kappa shape index (κ1) is 19.9. The number of aliphatic hydroxyl groups is 1. The molecule has 0 saturated heterocycles. The zero-order chi connectivity index (χ0) is 19.9. The summed E-state index contributed by atoms with van der Waals surface area (Å²) in [6, 6.07) is 17.1. The third-order valence-corrected chi connectivity index (χ3v) is 4.83. The summed E-state index contributed by atoms with van der Waals surface area (Å²) in [6.07, 6.45) is 0.230. The van der Waals surface area contributed by atoms with Crippen molar-refractivity contribution in [2.45, 2.75) is 32.4 Å². The molecule has 1 aliphatic rings. The Bertz CT molecular complexity index is 809. The van der Waals surface area contributed by atoms with Gasteiger partial charge in [-0.25, -0.2) is 0 Å². The lowest BCUT2D eigenvalue weighted by atomic mass is 10.1. The van der Waals surface area contributed by atoms with E-state index in [0.29, 0.717) is 24.4 Å². The average molecular weight is 382 g/mol. The van der Waals surface area contributed by atoms with Gasteiger partial charge >= 0.3 is 0 Å². The third-order valence-electron chi connectivity index (χ3n) is 4.83. The Morgan fingerprint density at radius 3 is 2.57 bits per heavy atom. The van der Waals surface area contributed by atoms with Crippen LogP contribution >= 0.6 is 0 Å². The summed E-state index contributed by atoms with van der Waals surface area (Å²) in [5, 5.41) is 9.34. The number of carbonyl (C=O) groups excluding carboxylic acids is 2. The summed E-state index contributed by atoms with van der Waals surface area (Å²) in [6.45, 7) is 2.79. The fourth-order valence-corrected chi connectivity index (χ4v) is 3.35. The van der Waals surface area contributed by atoms with Crippen LogP contribution in [0.5, 0.6) is 5.75 Å². The highest BCUT2D eigenvalue weighted by Gasteiger charge is 2.33. The molecule has 28 heavy (non-hydrogen) atoms. The van der Waals surface area contributed by atoms with Gasteiger partial charge in [-0.15, -0.1) is 0 Å². The second-order valence-corrected chi connectivity index (χ2v) is 6.75. The summed E-state index contributed by atoms with van der Waals surface area (Å²) >= 11 is 0. The Morgan fingerprint density at radius 1 is 1.14 bits per heavy atom. The summed E-state index contributed by atoms with van der Waals surface area (Å²) in [5.74, 6) is 0.450. The number of rotatable bonds is 8. The predicted octanol–water partition coefficient (Wildman–Crippen LogP) is 2.60. The monoisotopic (exact) mass is 382 g/mol. The largest absolute Gasteiger partial charge is 0.478 e. The standard InChI is InChI=1S/C22H26N2O4/c1-2-19-22(27)24(18-10-6-7-11-20(18)28-19)13-12-21(26)23(14-15-25)16-17-8-4-3-5-9-17/h3-11,19,25H,2,12-16H2,1H3. The third kappa shape index (κ3) is 4.51. The molecular weight excluding hydrogens is 356 g/mol. The zero-order valence-electron chi connectivity index (χ0n) is 16.1. The molecule has 1 N–H and O–H groups in total. The van der Waals surface area contributed by atoms with Crippen LogP contribution in [0.2, 0.25) is 0 Å². The molecule has 0 radical (unpaired) electrons. The van der Waals surface area contributed by atoms with Gasteiger partial charge in [0.15, 0.2) is 6.10 Å². The minimum Gasteiger partial charge on any atom is -0.478 e. The summed E-state index contributed by atoms with van der Waals surface area (Å²) < 4.78 is 5.78. The number of benzene rings is 2. The van der Waals surface area contributed by atoms with E-state index < -0.39 is 6.10 Å². The Kier molecular flexibility index (Phi) is 6.66. The highest BCUT2D eigenvalue weighted by Crippen LogP contribution is 2.34. The molecule has 1 heterocycles. The molecule has 2 aromatic rings. The minimum absolute atomic E-state index is 0.0947. The number of nitrogens with zero attached hydrogens (tertiary/aromatic N) is 2. The van der Waals surface area contributed by atoms with Crippen molar-refractivity contribution in [1.29, 1.82) is 0 Å². The number of para-hydroxylation sites is 2. The summed E-state index contributed by atoms with van der Waals surface area (Å²) in [5.41, 5.74) is 1.70. The van der Waals surface area contributed by atoms with Crippen molar-refractivity contribution in [3.05, 3.63) is 60.2 Å². The topological polar surface area (TPSA) is 70.1 Å². The lowest BCUT2D eigenvalue weighted by Gasteiger charge is -2.34. The van der Waals surface area contributed by atoms with E-state index >= 15 is 0 Å². The van der Waals surface area contributed by atoms with Gasteiger partial charge in [-0.1, -0.05) is 49.4 Å². The van der Waals surface area contributed by atoms with Crippen molar-refractivity contribution in [3.63, 3.8) is 0 Å². The van der Waals surface area contributed by atoms with E-state index in [2.05, 4.69) is 0 Å². The quantitative estimate of drug-likeness (QED) is 0.762. The number of fused-ring (bicyclic) bond motifs is 1. The van der Waals surface area contributed by atoms with Gasteiger partial charge in [-0.05, 0) is 24.1 Å². The SMILES string of the molecule is CCC1Oc2ccccc2N(CCC(=O)N(CCO)Cc2ccccc2)C1=O. The molecule has 6 nitrogen and oxygen atoms in total. The zero-order valence-corrected chi connectivity index (χ0v) is 16.1. The second kappa shape index (κ2) is 9.37. The molecule has 0 bridgehead atoms. The van der Waals surface area contributed by atoms with Crippen LogP contribution in [0.15, 0.2) is 54.6 Å². The van der Waals surface area contributed by atoms with Gasteiger partial charge in [0.2, 0.25) is 5.91 Å². The normalized spacial score (nSPS) is 15.7. The van der Waals surface area contributed by atoms with Crippen LogP contribution in [0, 0.1) is 0 Å². The molecule has 1 atom stereocenters. The highest BCUT2D eigenvalue weighted by atomic mass is 16.5. The van der Waals surface area contributed by atoms with Crippen molar-refractivity contribution in [3.8, 4) is 5.75 Å². The molecule has 1 unspecified atom stereocenters. The summed E-state index contributed by atoms with van der Waals surface area (Å²) in [4.78, 5) is 28.8. The fourth-order valence-electron chi connectivity index (χ4n) is 3.35. The van der Waals surface area contributed by atoms with Crippen molar-refractivity contribution in [2.24, 2.45) is 0 Å². The number of amides is 2. The molecule has 3 rings (SSSR count). The van der Waals surface area contributed by atoms with E-state index in [1.807, 2.05) is 61.5 Å². The van der Waals surface area contributed by atoms with E-state index in [4.69, 9.17) is 4.74 Å². The van der Waals surface area contributed by atoms with Gasteiger partial charge < -0.3 is 19.6 Å². The molecule has 6 heteroatoms. The van der Waals surface area contributed by atoms with Crippen LogP contribution in [0.4, 0.5) is 5.69 Å². The van der Waals surface area contributed by atoms with Crippen molar-refractivity contribution < 1.29 is 19.4 Å². The van der Waals surface area contributed by atoms with Gasteiger partial charge in [0.05, 0.1) is 12.3 Å². The maximum Gasteiger partial charge on any atom is 0.268 e. The van der Waals surface area contributed by atoms with Gasteiger partial charge in [-0.2, -0.15) is 0 Å². The van der Waals surface area contributed by atoms with Crippen LogP contribution in [-0.2, 0) is 16.1 Å². The Morgan fingerprint density at radius 2 is 1.86 bits per heavy atom. The number of aliphatic hydroxyl groups excluding tert-OH is 1. The number of anilines is 1. The number of hydrogen-bond acceptors (Lipinski definition) is 4. The van der Waals surface area contributed by atoms with Crippen molar-refractivity contribution >= 4 is 17.5 Å². The molecule has 2 amide bonds. The Balaban J connectivity index is 1.70. The molecule has 1 aliphatic heterocycles. The van der Waals surface area contributed by atoms with Crippen LogP contribution in [-0.4, -0.2) is 47.6 Å². The molecule has 0 spiro atoms. The lowest BCUT2D eigenvalue weighted by molar-refractivity contribution is -0.132. The second-order valence-electron chi connectivity index (χ2n) is 6.75. The van der Waals surface area contributed by atoms with Gasteiger partial charge in [-0.3, -0.25) is 9.59 Å². The van der Waals surface area contributed by atoms with Crippen LogP contribution in [0.3, 0.4) is 0 Å². The smallest absolute Gasteiger partial charge is 0.268 e. The average Bonchev–Trinajstić information content (AvgIpc) is 2.73. The van der Waals surface area contributed by atoms with Gasteiger partial charge in [0.1, 0.15) is 5.75 Å². The van der Waals surface area contributed by atoms with E-state index in [9.17, 15) is 14.7 Å². The molecule has 148 valence electrons. The van der Waals surface area contributed by atoms with Gasteiger partial charge in [0, 0.05) is 26.1 Å². The number of hydrogen-bond donors (Lipinski definition) is 1. The van der Waals surface area contributed by atoms with E-state index in [-0.39, 0.29) is 37.9 Å². The first-order valence-corrected chi connectivity index (χ1v) is 9.63. The molecule has 0 aromatic heterocycles. The van der Waals surface area contributed by atoms with E-state index in [1.165, 1.54) is 0 Å². The fraction of sp³-hybridized carbons (Fsp3) is 0.364. The lowest BCUT2D eigenvalue weighted by Crippen LogP contribution is -2.47. The maximum absolute atomic E-state index is 12.8.